The highest BCUT2D eigenvalue weighted by molar-refractivity contribution is 5.06. The van der Waals surface area contributed by atoms with E-state index in [1.807, 2.05) is 16.9 Å². The Balaban J connectivity index is 2.13. The molecule has 0 radical (unpaired) electrons. The van der Waals surface area contributed by atoms with Gasteiger partial charge >= 0.3 is 0 Å². The summed E-state index contributed by atoms with van der Waals surface area (Å²) in [6.07, 6.45) is 3.84. The van der Waals surface area contributed by atoms with Crippen LogP contribution in [0.25, 0.3) is 0 Å². The lowest BCUT2D eigenvalue weighted by molar-refractivity contribution is 0.00151. The molecule has 0 aliphatic carbocycles. The monoisotopic (exact) mass is 195 g/mol. The predicted octanol–water partition coefficient (Wildman–Crippen LogP) is 1.08. The van der Waals surface area contributed by atoms with E-state index in [1.54, 1.807) is 0 Å². The van der Waals surface area contributed by atoms with Gasteiger partial charge in [-0.25, -0.2) is 0 Å². The van der Waals surface area contributed by atoms with E-state index in [0.717, 1.165) is 31.7 Å². The second kappa shape index (κ2) is 4.11. The molecule has 0 spiro atoms. The third kappa shape index (κ3) is 1.81. The molecule has 1 aliphatic heterocycles. The van der Waals surface area contributed by atoms with Crippen molar-refractivity contribution in [2.24, 2.45) is 5.73 Å². The summed E-state index contributed by atoms with van der Waals surface area (Å²) in [5, 5.41) is 4.23. The van der Waals surface area contributed by atoms with Crippen LogP contribution < -0.4 is 5.73 Å². The van der Waals surface area contributed by atoms with Gasteiger partial charge in [0.25, 0.3) is 0 Å². The van der Waals surface area contributed by atoms with E-state index in [2.05, 4.69) is 12.0 Å². The summed E-state index contributed by atoms with van der Waals surface area (Å²) in [7, 11) is 0. The molecular weight excluding hydrogens is 178 g/mol. The standard InChI is InChI=1S/C10H17N3O/c1-2-13-9(3-5-12-13)10-7-8(11)4-6-14-10/h3,5,8,10H,2,4,6-7,11H2,1H3. The van der Waals surface area contributed by atoms with Crippen LogP contribution in [0.15, 0.2) is 12.3 Å². The van der Waals surface area contributed by atoms with Crippen molar-refractivity contribution in [2.45, 2.75) is 38.5 Å². The fraction of sp³-hybridized carbons (Fsp3) is 0.700. The van der Waals surface area contributed by atoms with Crippen molar-refractivity contribution in [3.05, 3.63) is 18.0 Å². The topological polar surface area (TPSA) is 53.1 Å². The smallest absolute Gasteiger partial charge is 0.101 e. The van der Waals surface area contributed by atoms with Gasteiger partial charge in [0.1, 0.15) is 6.10 Å². The number of rotatable bonds is 2. The van der Waals surface area contributed by atoms with E-state index in [0.29, 0.717) is 0 Å². The minimum atomic E-state index is 0.140. The molecule has 4 heteroatoms. The van der Waals surface area contributed by atoms with Crippen molar-refractivity contribution in [2.75, 3.05) is 6.61 Å². The van der Waals surface area contributed by atoms with E-state index in [1.165, 1.54) is 0 Å². The molecule has 2 atom stereocenters. The molecule has 2 heterocycles. The Kier molecular flexibility index (Phi) is 2.84. The van der Waals surface area contributed by atoms with E-state index in [-0.39, 0.29) is 12.1 Å². The van der Waals surface area contributed by atoms with Crippen molar-refractivity contribution in [1.82, 2.24) is 9.78 Å². The summed E-state index contributed by atoms with van der Waals surface area (Å²) in [6.45, 7) is 3.73. The van der Waals surface area contributed by atoms with Crippen LogP contribution in [0.5, 0.6) is 0 Å². The number of hydrogen-bond donors (Lipinski definition) is 1. The van der Waals surface area contributed by atoms with Crippen LogP contribution in [0.4, 0.5) is 0 Å². The van der Waals surface area contributed by atoms with Crippen LogP contribution in [0.1, 0.15) is 31.6 Å². The Labute approximate surface area is 84.0 Å². The van der Waals surface area contributed by atoms with Crippen LogP contribution in [0, 0.1) is 0 Å². The number of aryl methyl sites for hydroxylation is 1. The molecule has 4 nitrogen and oxygen atoms in total. The molecule has 0 saturated carbocycles. The zero-order valence-electron chi connectivity index (χ0n) is 8.52. The van der Waals surface area contributed by atoms with Crippen molar-refractivity contribution in [3.8, 4) is 0 Å². The molecule has 0 bridgehead atoms. The van der Waals surface area contributed by atoms with E-state index >= 15 is 0 Å². The van der Waals surface area contributed by atoms with Crippen LogP contribution in [-0.4, -0.2) is 22.4 Å². The second-order valence-electron chi connectivity index (χ2n) is 3.72. The Hall–Kier alpha value is -0.870. The van der Waals surface area contributed by atoms with Crippen molar-refractivity contribution < 1.29 is 4.74 Å². The molecule has 2 rings (SSSR count). The number of aromatic nitrogens is 2. The SMILES string of the molecule is CCn1nccc1C1CC(N)CCO1. The fourth-order valence-electron chi connectivity index (χ4n) is 1.91. The highest BCUT2D eigenvalue weighted by Gasteiger charge is 2.23. The van der Waals surface area contributed by atoms with Crippen molar-refractivity contribution >= 4 is 0 Å². The summed E-state index contributed by atoms with van der Waals surface area (Å²) in [5.74, 6) is 0. The number of ether oxygens (including phenoxy) is 1. The number of nitrogens with zero attached hydrogens (tertiary/aromatic N) is 2. The predicted molar refractivity (Wildman–Crippen MR) is 53.8 cm³/mol. The largest absolute Gasteiger partial charge is 0.372 e. The molecule has 1 aromatic rings. The summed E-state index contributed by atoms with van der Waals surface area (Å²) in [5.41, 5.74) is 7.07. The number of hydrogen-bond acceptors (Lipinski definition) is 3. The highest BCUT2D eigenvalue weighted by atomic mass is 16.5. The third-order valence-corrected chi connectivity index (χ3v) is 2.70. The quantitative estimate of drug-likeness (QED) is 0.768. The molecule has 1 aliphatic rings. The Morgan fingerprint density at radius 1 is 1.71 bits per heavy atom. The first kappa shape index (κ1) is 9.68. The molecule has 1 saturated heterocycles. The van der Waals surface area contributed by atoms with Gasteiger partial charge in [-0.15, -0.1) is 0 Å². The van der Waals surface area contributed by atoms with Gasteiger partial charge in [0, 0.05) is 25.4 Å². The van der Waals surface area contributed by atoms with Gasteiger partial charge in [0.15, 0.2) is 0 Å². The van der Waals surface area contributed by atoms with Gasteiger partial charge in [-0.05, 0) is 25.8 Å². The molecule has 14 heavy (non-hydrogen) atoms. The van der Waals surface area contributed by atoms with Crippen molar-refractivity contribution in [1.29, 1.82) is 0 Å². The summed E-state index contributed by atoms with van der Waals surface area (Å²) in [6, 6.07) is 2.29. The first-order valence-corrected chi connectivity index (χ1v) is 5.20. The van der Waals surface area contributed by atoms with Gasteiger partial charge in [0.2, 0.25) is 0 Å². The maximum atomic E-state index is 5.91. The van der Waals surface area contributed by atoms with Gasteiger partial charge in [-0.3, -0.25) is 4.68 Å². The lowest BCUT2D eigenvalue weighted by atomic mass is 10.0. The van der Waals surface area contributed by atoms with Crippen LogP contribution in [0.3, 0.4) is 0 Å². The molecule has 0 amide bonds. The van der Waals surface area contributed by atoms with Gasteiger partial charge < -0.3 is 10.5 Å². The molecule has 1 fully saturated rings. The van der Waals surface area contributed by atoms with Crippen LogP contribution in [-0.2, 0) is 11.3 Å². The lowest BCUT2D eigenvalue weighted by Gasteiger charge is -2.27. The lowest BCUT2D eigenvalue weighted by Crippen LogP contribution is -2.31. The third-order valence-electron chi connectivity index (χ3n) is 2.70. The molecule has 2 unspecified atom stereocenters. The minimum absolute atomic E-state index is 0.140. The zero-order valence-corrected chi connectivity index (χ0v) is 8.52. The first-order chi connectivity index (χ1) is 6.81. The molecular formula is C10H17N3O. The Bertz CT molecular complexity index is 297. The summed E-state index contributed by atoms with van der Waals surface area (Å²) < 4.78 is 7.67. The Morgan fingerprint density at radius 3 is 3.29 bits per heavy atom. The second-order valence-corrected chi connectivity index (χ2v) is 3.72. The minimum Gasteiger partial charge on any atom is -0.372 e. The number of nitrogens with two attached hydrogens (primary N) is 1. The average Bonchev–Trinajstić information content (AvgIpc) is 2.65. The normalized spacial score (nSPS) is 27.9. The maximum absolute atomic E-state index is 5.91. The van der Waals surface area contributed by atoms with Gasteiger partial charge in [0.05, 0.1) is 5.69 Å². The molecule has 1 aromatic heterocycles. The zero-order chi connectivity index (χ0) is 9.97. The van der Waals surface area contributed by atoms with E-state index < -0.39 is 0 Å². The maximum Gasteiger partial charge on any atom is 0.101 e. The van der Waals surface area contributed by atoms with E-state index in [9.17, 15) is 0 Å². The average molecular weight is 195 g/mol. The first-order valence-electron chi connectivity index (χ1n) is 5.20. The molecule has 0 aromatic carbocycles. The summed E-state index contributed by atoms with van der Waals surface area (Å²) >= 11 is 0. The summed E-state index contributed by atoms with van der Waals surface area (Å²) in [4.78, 5) is 0. The van der Waals surface area contributed by atoms with Gasteiger partial charge in [-0.1, -0.05) is 0 Å². The van der Waals surface area contributed by atoms with Crippen LogP contribution >= 0.6 is 0 Å². The van der Waals surface area contributed by atoms with Gasteiger partial charge in [-0.2, -0.15) is 5.10 Å². The fourth-order valence-corrected chi connectivity index (χ4v) is 1.91. The van der Waals surface area contributed by atoms with Crippen molar-refractivity contribution in [3.63, 3.8) is 0 Å². The Morgan fingerprint density at radius 2 is 2.57 bits per heavy atom. The molecule has 78 valence electrons. The molecule has 2 N–H and O–H groups in total. The van der Waals surface area contributed by atoms with Crippen LogP contribution in [0.2, 0.25) is 0 Å². The van der Waals surface area contributed by atoms with E-state index in [4.69, 9.17) is 10.5 Å². The highest BCUT2D eigenvalue weighted by Crippen LogP contribution is 2.26.